The fraction of sp³-hybridized carbons (Fsp3) is 0.538. The van der Waals surface area contributed by atoms with E-state index in [4.69, 9.17) is 0 Å². The molecule has 1 aliphatic rings. The van der Waals surface area contributed by atoms with Crippen LogP contribution in [0, 0.1) is 5.92 Å². The van der Waals surface area contributed by atoms with Crippen molar-refractivity contribution in [3.63, 3.8) is 0 Å². The molecule has 1 aromatic heterocycles. The number of amides is 1. The first kappa shape index (κ1) is 12.8. The maximum Gasteiger partial charge on any atom is 0.255 e. The van der Waals surface area contributed by atoms with Crippen molar-refractivity contribution < 1.29 is 9.90 Å². The maximum absolute atomic E-state index is 12.1. The first-order valence-corrected chi connectivity index (χ1v) is 6.17. The van der Waals surface area contributed by atoms with Crippen LogP contribution in [0.4, 0.5) is 5.82 Å². The first-order valence-electron chi connectivity index (χ1n) is 6.17. The lowest BCUT2D eigenvalue weighted by molar-refractivity contribution is 0.0265. The highest BCUT2D eigenvalue weighted by atomic mass is 16.3. The zero-order chi connectivity index (χ0) is 13.1. The number of nitrogens with one attached hydrogen (secondary N) is 1. The smallest absolute Gasteiger partial charge is 0.255 e. The second-order valence-corrected chi connectivity index (χ2v) is 4.86. The van der Waals surface area contributed by atoms with Gasteiger partial charge in [0.25, 0.3) is 5.91 Å². The van der Waals surface area contributed by atoms with Crippen LogP contribution in [0.3, 0.4) is 0 Å². The number of pyridine rings is 1. The van der Waals surface area contributed by atoms with Gasteiger partial charge in [-0.15, -0.1) is 0 Å². The molecule has 2 N–H and O–H groups in total. The van der Waals surface area contributed by atoms with Crippen LogP contribution in [0.1, 0.15) is 23.2 Å². The van der Waals surface area contributed by atoms with Gasteiger partial charge in [-0.3, -0.25) is 4.79 Å². The van der Waals surface area contributed by atoms with Crippen molar-refractivity contribution in [2.45, 2.75) is 18.9 Å². The third-order valence-electron chi connectivity index (χ3n) is 3.36. The molecule has 1 aromatic rings. The Morgan fingerprint density at radius 3 is 2.78 bits per heavy atom. The van der Waals surface area contributed by atoms with E-state index in [1.54, 1.807) is 37.3 Å². The van der Waals surface area contributed by atoms with Crippen LogP contribution in [-0.2, 0) is 0 Å². The molecule has 0 atom stereocenters. The highest BCUT2D eigenvalue weighted by molar-refractivity contribution is 5.93. The zero-order valence-corrected chi connectivity index (χ0v) is 10.8. The number of carbonyl (C=O) groups excluding carboxylic acids is 1. The molecule has 98 valence electrons. The lowest BCUT2D eigenvalue weighted by atomic mass is 9.82. The van der Waals surface area contributed by atoms with Crippen LogP contribution in [0.25, 0.3) is 0 Å². The predicted octanol–water partition coefficient (Wildman–Crippen LogP) is 0.966. The number of anilines is 1. The van der Waals surface area contributed by atoms with Gasteiger partial charge in [0.1, 0.15) is 5.82 Å². The fourth-order valence-electron chi connectivity index (χ4n) is 2.21. The van der Waals surface area contributed by atoms with Crippen molar-refractivity contribution in [2.24, 2.45) is 5.92 Å². The van der Waals surface area contributed by atoms with E-state index in [0.29, 0.717) is 18.0 Å². The van der Waals surface area contributed by atoms with Crippen molar-refractivity contribution in [1.29, 1.82) is 0 Å². The summed E-state index contributed by atoms with van der Waals surface area (Å²) in [6.45, 7) is 0.698. The molecule has 1 aliphatic carbocycles. The van der Waals surface area contributed by atoms with Gasteiger partial charge in [-0.1, -0.05) is 0 Å². The van der Waals surface area contributed by atoms with Gasteiger partial charge in [0.05, 0.1) is 11.7 Å². The summed E-state index contributed by atoms with van der Waals surface area (Å²) in [4.78, 5) is 17.9. The molecule has 18 heavy (non-hydrogen) atoms. The molecule has 5 nitrogen and oxygen atoms in total. The monoisotopic (exact) mass is 249 g/mol. The molecule has 0 aromatic carbocycles. The minimum Gasteiger partial charge on any atom is -0.393 e. The predicted molar refractivity (Wildman–Crippen MR) is 69.5 cm³/mol. The Hall–Kier alpha value is -1.62. The van der Waals surface area contributed by atoms with Gasteiger partial charge in [0.2, 0.25) is 0 Å². The SMILES string of the molecule is CNc1ccc(C(=O)N(C)CC2CC(O)C2)cn1. The number of carbonyl (C=O) groups is 1. The Bertz CT molecular complexity index is 413. The van der Waals surface area contributed by atoms with E-state index in [1.807, 2.05) is 0 Å². The molecule has 1 fully saturated rings. The average molecular weight is 249 g/mol. The minimum absolute atomic E-state index is 0.0217. The summed E-state index contributed by atoms with van der Waals surface area (Å²) in [7, 11) is 3.58. The molecule has 0 spiro atoms. The molecular weight excluding hydrogens is 230 g/mol. The summed E-state index contributed by atoms with van der Waals surface area (Å²) in [5.41, 5.74) is 0.594. The van der Waals surface area contributed by atoms with Crippen LogP contribution in [0.5, 0.6) is 0 Å². The van der Waals surface area contributed by atoms with Crippen LogP contribution in [-0.4, -0.2) is 47.6 Å². The summed E-state index contributed by atoms with van der Waals surface area (Å²) in [5, 5.41) is 12.1. The minimum atomic E-state index is -0.171. The van der Waals surface area contributed by atoms with Crippen molar-refractivity contribution in [3.05, 3.63) is 23.9 Å². The molecule has 1 heterocycles. The number of aliphatic hydroxyl groups is 1. The fourth-order valence-corrected chi connectivity index (χ4v) is 2.21. The van der Waals surface area contributed by atoms with E-state index in [0.717, 1.165) is 18.7 Å². The van der Waals surface area contributed by atoms with Gasteiger partial charge >= 0.3 is 0 Å². The first-order chi connectivity index (χ1) is 8.60. The average Bonchev–Trinajstić information content (AvgIpc) is 2.36. The number of hydrogen-bond acceptors (Lipinski definition) is 4. The van der Waals surface area contributed by atoms with Crippen molar-refractivity contribution in [1.82, 2.24) is 9.88 Å². The van der Waals surface area contributed by atoms with Gasteiger partial charge < -0.3 is 15.3 Å². The van der Waals surface area contributed by atoms with Gasteiger partial charge in [-0.2, -0.15) is 0 Å². The third-order valence-corrected chi connectivity index (χ3v) is 3.36. The number of nitrogens with zero attached hydrogens (tertiary/aromatic N) is 2. The van der Waals surface area contributed by atoms with E-state index in [9.17, 15) is 9.90 Å². The van der Waals surface area contributed by atoms with Crippen molar-refractivity contribution >= 4 is 11.7 Å². The van der Waals surface area contributed by atoms with Gasteiger partial charge in [-0.25, -0.2) is 4.98 Å². The summed E-state index contributed by atoms with van der Waals surface area (Å²) in [6, 6.07) is 3.56. The zero-order valence-electron chi connectivity index (χ0n) is 10.8. The van der Waals surface area contributed by atoms with Crippen LogP contribution >= 0.6 is 0 Å². The maximum atomic E-state index is 12.1. The second-order valence-electron chi connectivity index (χ2n) is 4.86. The third kappa shape index (κ3) is 2.79. The number of aliphatic hydroxyl groups excluding tert-OH is 1. The quantitative estimate of drug-likeness (QED) is 0.834. The summed E-state index contributed by atoms with van der Waals surface area (Å²) in [6.07, 6.45) is 3.01. The van der Waals surface area contributed by atoms with Crippen LogP contribution in [0.2, 0.25) is 0 Å². The lowest BCUT2D eigenvalue weighted by Gasteiger charge is -2.34. The summed E-state index contributed by atoms with van der Waals surface area (Å²) in [5.74, 6) is 1.15. The highest BCUT2D eigenvalue weighted by Gasteiger charge is 2.29. The molecule has 0 bridgehead atoms. The molecule has 0 radical (unpaired) electrons. The Morgan fingerprint density at radius 1 is 1.56 bits per heavy atom. The molecule has 0 aliphatic heterocycles. The van der Waals surface area contributed by atoms with Gasteiger partial charge in [0, 0.05) is 26.8 Å². The van der Waals surface area contributed by atoms with E-state index in [-0.39, 0.29) is 12.0 Å². The summed E-state index contributed by atoms with van der Waals surface area (Å²) < 4.78 is 0. The number of aromatic nitrogens is 1. The Labute approximate surface area is 107 Å². The summed E-state index contributed by atoms with van der Waals surface area (Å²) >= 11 is 0. The largest absolute Gasteiger partial charge is 0.393 e. The molecule has 5 heteroatoms. The topological polar surface area (TPSA) is 65.5 Å². The van der Waals surface area contributed by atoms with E-state index < -0.39 is 0 Å². The molecule has 0 unspecified atom stereocenters. The molecular formula is C13H19N3O2. The number of rotatable bonds is 4. The highest BCUT2D eigenvalue weighted by Crippen LogP contribution is 2.27. The van der Waals surface area contributed by atoms with Crippen LogP contribution < -0.4 is 5.32 Å². The molecule has 2 rings (SSSR count). The van der Waals surface area contributed by atoms with Crippen LogP contribution in [0.15, 0.2) is 18.3 Å². The lowest BCUT2D eigenvalue weighted by Crippen LogP contribution is -2.39. The van der Waals surface area contributed by atoms with Gasteiger partial charge in [0.15, 0.2) is 0 Å². The van der Waals surface area contributed by atoms with Crippen molar-refractivity contribution in [2.75, 3.05) is 26.0 Å². The number of hydrogen-bond donors (Lipinski definition) is 2. The Kier molecular flexibility index (Phi) is 3.81. The normalized spacial score (nSPS) is 22.2. The molecule has 1 amide bonds. The Balaban J connectivity index is 1.92. The van der Waals surface area contributed by atoms with E-state index in [2.05, 4.69) is 10.3 Å². The van der Waals surface area contributed by atoms with E-state index >= 15 is 0 Å². The van der Waals surface area contributed by atoms with E-state index in [1.165, 1.54) is 0 Å². The van der Waals surface area contributed by atoms with Crippen molar-refractivity contribution in [3.8, 4) is 0 Å². The molecule has 1 saturated carbocycles. The second kappa shape index (κ2) is 5.35. The molecule has 0 saturated heterocycles. The standard InChI is InChI=1S/C13H19N3O2/c1-14-12-4-3-10(7-15-12)13(18)16(2)8-9-5-11(17)6-9/h3-4,7,9,11,17H,5-6,8H2,1-2H3,(H,14,15). The van der Waals surface area contributed by atoms with Gasteiger partial charge in [-0.05, 0) is 30.9 Å². The Morgan fingerprint density at radius 2 is 2.28 bits per heavy atom.